The molecule has 0 aromatic heterocycles. The molecule has 6 nitrogen and oxygen atoms in total. The molecule has 2 aromatic carbocycles. The number of rotatable bonds is 4. The molecule has 124 valence electrons. The fraction of sp³-hybridized carbons (Fsp3) is 0.222. The van der Waals surface area contributed by atoms with Crippen LogP contribution in [0, 0.1) is 6.92 Å². The zero-order chi connectivity index (χ0) is 16.9. The van der Waals surface area contributed by atoms with Crippen LogP contribution in [-0.4, -0.2) is 18.6 Å². The lowest BCUT2D eigenvalue weighted by Crippen LogP contribution is -2.41. The molecule has 3 rings (SSSR count). The number of fused-ring (bicyclic) bond motifs is 1. The quantitative estimate of drug-likeness (QED) is 0.844. The van der Waals surface area contributed by atoms with Crippen molar-refractivity contribution in [3.63, 3.8) is 0 Å². The number of ether oxygens (including phenoxy) is 2. The summed E-state index contributed by atoms with van der Waals surface area (Å²) < 4.78 is 10.4. The molecule has 0 spiro atoms. The van der Waals surface area contributed by atoms with Gasteiger partial charge in [0.25, 0.3) is 5.91 Å². The van der Waals surface area contributed by atoms with Crippen molar-refractivity contribution in [1.82, 2.24) is 10.9 Å². The highest BCUT2D eigenvalue weighted by Gasteiger charge is 2.16. The summed E-state index contributed by atoms with van der Waals surface area (Å²) in [7, 11) is 0. The first kappa shape index (κ1) is 15.9. The highest BCUT2D eigenvalue weighted by Crippen LogP contribution is 2.32. The van der Waals surface area contributed by atoms with Crippen molar-refractivity contribution in [3.05, 3.63) is 59.2 Å². The van der Waals surface area contributed by atoms with E-state index < -0.39 is 5.91 Å². The maximum absolute atomic E-state index is 12.0. The lowest BCUT2D eigenvalue weighted by Gasteiger charge is -2.08. The van der Waals surface area contributed by atoms with E-state index in [4.69, 9.17) is 9.47 Å². The molecule has 24 heavy (non-hydrogen) atoms. The molecule has 0 atom stereocenters. The molecule has 6 heteroatoms. The number of amides is 2. The van der Waals surface area contributed by atoms with Crippen LogP contribution in [0.15, 0.2) is 42.5 Å². The van der Waals surface area contributed by atoms with E-state index in [1.54, 1.807) is 18.2 Å². The van der Waals surface area contributed by atoms with E-state index in [1.807, 2.05) is 31.2 Å². The van der Waals surface area contributed by atoms with Crippen molar-refractivity contribution in [1.29, 1.82) is 0 Å². The van der Waals surface area contributed by atoms with Crippen LogP contribution in [0.5, 0.6) is 11.5 Å². The summed E-state index contributed by atoms with van der Waals surface area (Å²) in [6.07, 6.45) is 0.913. The minimum absolute atomic E-state index is 0.149. The van der Waals surface area contributed by atoms with Crippen LogP contribution in [0.3, 0.4) is 0 Å². The lowest BCUT2D eigenvalue weighted by atomic mass is 10.1. The van der Waals surface area contributed by atoms with Crippen LogP contribution in [0.2, 0.25) is 0 Å². The van der Waals surface area contributed by atoms with Gasteiger partial charge in [-0.1, -0.05) is 29.8 Å². The Balaban J connectivity index is 1.47. The third-order valence-electron chi connectivity index (χ3n) is 3.71. The molecule has 0 bridgehead atoms. The molecule has 0 unspecified atom stereocenters. The summed E-state index contributed by atoms with van der Waals surface area (Å²) in [6.45, 7) is 2.16. The Morgan fingerprint density at radius 1 is 1.00 bits per heavy atom. The van der Waals surface area contributed by atoms with Gasteiger partial charge in [-0.05, 0) is 37.1 Å². The molecule has 1 aliphatic heterocycles. The number of carbonyl (C=O) groups excluding carboxylic acids is 2. The van der Waals surface area contributed by atoms with E-state index >= 15 is 0 Å². The second kappa shape index (κ2) is 7.04. The number of hydrogen-bond acceptors (Lipinski definition) is 4. The molecule has 0 saturated heterocycles. The number of hydrogen-bond donors (Lipinski definition) is 2. The fourth-order valence-electron chi connectivity index (χ4n) is 2.31. The van der Waals surface area contributed by atoms with E-state index in [9.17, 15) is 9.59 Å². The maximum Gasteiger partial charge on any atom is 0.269 e. The first-order valence-corrected chi connectivity index (χ1v) is 7.66. The molecule has 0 radical (unpaired) electrons. The van der Waals surface area contributed by atoms with Gasteiger partial charge in [0.1, 0.15) is 0 Å². The Bertz CT molecular complexity index is 756. The standard InChI is InChI=1S/C18H18N2O4/c1-12-2-4-13(5-3-12)6-9-17(21)19-20-18(22)14-7-8-15-16(10-14)24-11-23-15/h2-5,7-8,10H,6,9,11H2,1H3,(H,19,21)(H,20,22). The van der Waals surface area contributed by atoms with Crippen molar-refractivity contribution < 1.29 is 19.1 Å². The van der Waals surface area contributed by atoms with E-state index in [1.165, 1.54) is 5.56 Å². The van der Waals surface area contributed by atoms with Gasteiger partial charge < -0.3 is 9.47 Å². The maximum atomic E-state index is 12.0. The number of benzene rings is 2. The molecule has 0 fully saturated rings. The second-order valence-corrected chi connectivity index (χ2v) is 5.56. The molecule has 2 amide bonds. The Morgan fingerprint density at radius 3 is 2.54 bits per heavy atom. The van der Waals surface area contributed by atoms with Crippen molar-refractivity contribution in [3.8, 4) is 11.5 Å². The van der Waals surface area contributed by atoms with E-state index in [0.717, 1.165) is 5.56 Å². The lowest BCUT2D eigenvalue weighted by molar-refractivity contribution is -0.121. The molecule has 2 aromatic rings. The number of hydrazine groups is 1. The molecule has 1 aliphatic rings. The Hall–Kier alpha value is -3.02. The molecular formula is C18H18N2O4. The van der Waals surface area contributed by atoms with Crippen molar-refractivity contribution in [2.75, 3.05) is 6.79 Å². The molecular weight excluding hydrogens is 308 g/mol. The Kier molecular flexibility index (Phi) is 4.65. The van der Waals surface area contributed by atoms with E-state index in [2.05, 4.69) is 10.9 Å². The van der Waals surface area contributed by atoms with E-state index in [-0.39, 0.29) is 12.7 Å². The predicted octanol–water partition coefficient (Wildman–Crippen LogP) is 2.12. The van der Waals surface area contributed by atoms with E-state index in [0.29, 0.717) is 29.9 Å². The van der Waals surface area contributed by atoms with Gasteiger partial charge >= 0.3 is 0 Å². The number of aryl methyl sites for hydroxylation is 2. The third-order valence-corrected chi connectivity index (χ3v) is 3.71. The molecule has 1 heterocycles. The van der Waals surface area contributed by atoms with Gasteiger partial charge in [0, 0.05) is 12.0 Å². The van der Waals surface area contributed by atoms with Crippen molar-refractivity contribution >= 4 is 11.8 Å². The molecule has 0 aliphatic carbocycles. The summed E-state index contributed by atoms with van der Waals surface area (Å²) in [4.78, 5) is 23.9. The summed E-state index contributed by atoms with van der Waals surface area (Å²) >= 11 is 0. The zero-order valence-electron chi connectivity index (χ0n) is 13.3. The average Bonchev–Trinajstić information content (AvgIpc) is 3.06. The van der Waals surface area contributed by atoms with Gasteiger partial charge in [0.15, 0.2) is 11.5 Å². The SMILES string of the molecule is Cc1ccc(CCC(=O)NNC(=O)c2ccc3c(c2)OCO3)cc1. The van der Waals surface area contributed by atoms with Gasteiger partial charge in [-0.2, -0.15) is 0 Å². The van der Waals surface area contributed by atoms with Gasteiger partial charge in [-0.3, -0.25) is 20.4 Å². The summed E-state index contributed by atoms with van der Waals surface area (Å²) in [5, 5.41) is 0. The van der Waals surface area contributed by atoms with Gasteiger partial charge in [0.2, 0.25) is 12.7 Å². The highest BCUT2D eigenvalue weighted by molar-refractivity contribution is 5.96. The smallest absolute Gasteiger partial charge is 0.269 e. The topological polar surface area (TPSA) is 76.7 Å². The largest absolute Gasteiger partial charge is 0.454 e. The third kappa shape index (κ3) is 3.84. The molecule has 0 saturated carbocycles. The zero-order valence-corrected chi connectivity index (χ0v) is 13.3. The Morgan fingerprint density at radius 2 is 1.75 bits per heavy atom. The summed E-state index contributed by atoms with van der Waals surface area (Å²) in [5.41, 5.74) is 7.47. The highest BCUT2D eigenvalue weighted by atomic mass is 16.7. The predicted molar refractivity (Wildman–Crippen MR) is 87.7 cm³/mol. The minimum atomic E-state index is -0.406. The average molecular weight is 326 g/mol. The number of nitrogens with one attached hydrogen (secondary N) is 2. The minimum Gasteiger partial charge on any atom is -0.454 e. The van der Waals surface area contributed by atoms with Gasteiger partial charge in [0.05, 0.1) is 0 Å². The van der Waals surface area contributed by atoms with Crippen molar-refractivity contribution in [2.45, 2.75) is 19.8 Å². The monoisotopic (exact) mass is 326 g/mol. The second-order valence-electron chi connectivity index (χ2n) is 5.56. The molecule has 2 N–H and O–H groups in total. The number of carbonyl (C=O) groups is 2. The normalized spacial score (nSPS) is 11.9. The van der Waals surface area contributed by atoms with Crippen LogP contribution in [-0.2, 0) is 11.2 Å². The van der Waals surface area contributed by atoms with Gasteiger partial charge in [-0.15, -0.1) is 0 Å². The van der Waals surface area contributed by atoms with Crippen molar-refractivity contribution in [2.24, 2.45) is 0 Å². The van der Waals surface area contributed by atoms with Crippen LogP contribution in [0.4, 0.5) is 0 Å². The summed E-state index contributed by atoms with van der Waals surface area (Å²) in [6, 6.07) is 12.9. The first-order chi connectivity index (χ1) is 11.6. The fourth-order valence-corrected chi connectivity index (χ4v) is 2.31. The van der Waals surface area contributed by atoms with Crippen LogP contribution in [0.1, 0.15) is 27.9 Å². The first-order valence-electron chi connectivity index (χ1n) is 7.66. The Labute approximate surface area is 139 Å². The summed E-state index contributed by atoms with van der Waals surface area (Å²) in [5.74, 6) is 0.476. The van der Waals surface area contributed by atoms with Crippen LogP contribution < -0.4 is 20.3 Å². The van der Waals surface area contributed by atoms with Crippen LogP contribution in [0.25, 0.3) is 0 Å². The van der Waals surface area contributed by atoms with Crippen LogP contribution >= 0.6 is 0 Å². The van der Waals surface area contributed by atoms with Gasteiger partial charge in [-0.25, -0.2) is 0 Å².